The average Bonchev–Trinajstić information content (AvgIpc) is 3.21. The normalized spacial score (nSPS) is 14.0. The smallest absolute Gasteiger partial charge is 0.225 e. The van der Waals surface area contributed by atoms with Crippen LogP contribution in [0.1, 0.15) is 50.8 Å². The maximum atomic E-state index is 5.34. The molecular weight excluding hydrogens is 328 g/mol. The Balaban J connectivity index is 1.66. The third-order valence-electron chi connectivity index (χ3n) is 4.20. The minimum absolute atomic E-state index is 0.342. The number of hydrogen-bond acceptors (Lipinski definition) is 7. The number of aliphatic imine (C=N–C) groups is 1. The number of nitrogens with one attached hydrogen (secondary N) is 2. The van der Waals surface area contributed by atoms with Gasteiger partial charge in [0.25, 0.3) is 0 Å². The highest BCUT2D eigenvalue weighted by Gasteiger charge is 2.13. The molecule has 0 bridgehead atoms. The summed E-state index contributed by atoms with van der Waals surface area (Å²) in [6.07, 6.45) is 2.09. The number of aromatic nitrogens is 3. The van der Waals surface area contributed by atoms with E-state index in [1.165, 1.54) is 5.57 Å². The number of amidine groups is 1. The van der Waals surface area contributed by atoms with Crippen LogP contribution in [0.5, 0.6) is 0 Å². The van der Waals surface area contributed by atoms with Crippen LogP contribution < -0.4 is 10.6 Å². The Morgan fingerprint density at radius 2 is 1.92 bits per heavy atom. The highest BCUT2D eigenvalue weighted by atomic mass is 16.5. The van der Waals surface area contributed by atoms with Crippen molar-refractivity contribution >= 4 is 17.6 Å². The number of hydrogen-bond donors (Lipinski definition) is 2. The Morgan fingerprint density at radius 1 is 1.12 bits per heavy atom. The van der Waals surface area contributed by atoms with Crippen molar-refractivity contribution in [3.8, 4) is 0 Å². The van der Waals surface area contributed by atoms with Crippen molar-refractivity contribution in [1.82, 2.24) is 15.1 Å². The highest BCUT2D eigenvalue weighted by Crippen LogP contribution is 2.18. The third-order valence-corrected chi connectivity index (χ3v) is 4.20. The van der Waals surface area contributed by atoms with Gasteiger partial charge in [-0.2, -0.15) is 4.98 Å². The lowest BCUT2D eigenvalue weighted by Gasteiger charge is -2.08. The van der Waals surface area contributed by atoms with Gasteiger partial charge >= 0.3 is 0 Å². The molecule has 1 aliphatic heterocycles. The molecule has 0 saturated carbocycles. The van der Waals surface area contributed by atoms with Crippen molar-refractivity contribution in [3.63, 3.8) is 0 Å². The Labute approximate surface area is 154 Å². The second-order valence-corrected chi connectivity index (χ2v) is 7.14. The number of nitrogens with zero attached hydrogens (tertiary/aromatic N) is 4. The van der Waals surface area contributed by atoms with Crippen LogP contribution in [0.3, 0.4) is 0 Å². The van der Waals surface area contributed by atoms with Crippen LogP contribution in [-0.4, -0.2) is 27.5 Å². The summed E-state index contributed by atoms with van der Waals surface area (Å²) in [6, 6.07) is 3.86. The molecule has 0 spiro atoms. The summed E-state index contributed by atoms with van der Waals surface area (Å²) in [5, 5.41) is 10.5. The van der Waals surface area contributed by atoms with E-state index in [-0.39, 0.29) is 0 Å². The van der Waals surface area contributed by atoms with Gasteiger partial charge in [0.1, 0.15) is 11.7 Å². The van der Waals surface area contributed by atoms with E-state index in [0.717, 1.165) is 35.3 Å². The van der Waals surface area contributed by atoms with Gasteiger partial charge in [-0.15, -0.1) is 0 Å². The molecule has 1 aliphatic rings. The van der Waals surface area contributed by atoms with Crippen molar-refractivity contribution in [2.24, 2.45) is 10.9 Å². The zero-order valence-electron chi connectivity index (χ0n) is 16.0. The van der Waals surface area contributed by atoms with Gasteiger partial charge in [0.2, 0.25) is 5.95 Å². The summed E-state index contributed by atoms with van der Waals surface area (Å²) >= 11 is 0. The molecule has 2 aromatic heterocycles. The second-order valence-electron chi connectivity index (χ2n) is 7.14. The molecule has 26 heavy (non-hydrogen) atoms. The number of anilines is 2. The lowest BCUT2D eigenvalue weighted by atomic mass is 10.0. The van der Waals surface area contributed by atoms with E-state index in [2.05, 4.69) is 64.5 Å². The third kappa shape index (κ3) is 4.47. The van der Waals surface area contributed by atoms with Gasteiger partial charge in [-0.05, 0) is 30.4 Å². The number of rotatable bonds is 6. The van der Waals surface area contributed by atoms with Crippen molar-refractivity contribution in [2.75, 3.05) is 17.2 Å². The first-order valence-corrected chi connectivity index (χ1v) is 8.97. The van der Waals surface area contributed by atoms with E-state index in [1.807, 2.05) is 19.1 Å². The maximum absolute atomic E-state index is 5.34. The van der Waals surface area contributed by atoms with Gasteiger partial charge in [-0.1, -0.05) is 32.9 Å². The average molecular weight is 354 g/mol. The number of aryl methyl sites for hydroxylation is 1. The summed E-state index contributed by atoms with van der Waals surface area (Å²) < 4.78 is 5.34. The molecule has 0 aliphatic carbocycles. The van der Waals surface area contributed by atoms with Crippen molar-refractivity contribution < 1.29 is 4.52 Å². The van der Waals surface area contributed by atoms with Crippen LogP contribution in [0.2, 0.25) is 0 Å². The molecule has 2 aromatic rings. The Morgan fingerprint density at radius 3 is 2.58 bits per heavy atom. The van der Waals surface area contributed by atoms with Crippen molar-refractivity contribution in [2.45, 2.75) is 47.1 Å². The fourth-order valence-corrected chi connectivity index (χ4v) is 2.56. The summed E-state index contributed by atoms with van der Waals surface area (Å²) in [7, 11) is 0. The second kappa shape index (κ2) is 7.68. The molecular formula is C19H26N6O. The molecule has 2 N–H and O–H groups in total. The van der Waals surface area contributed by atoms with Crippen LogP contribution in [0, 0.1) is 12.8 Å². The van der Waals surface area contributed by atoms with Gasteiger partial charge in [-0.25, -0.2) is 4.98 Å². The van der Waals surface area contributed by atoms with E-state index in [9.17, 15) is 0 Å². The molecule has 7 nitrogen and oxygen atoms in total. The predicted molar refractivity (Wildman–Crippen MR) is 104 cm³/mol. The molecule has 0 saturated heterocycles. The topological polar surface area (TPSA) is 88.2 Å². The minimum Gasteiger partial charge on any atom is -0.359 e. The molecule has 138 valence electrons. The first-order valence-electron chi connectivity index (χ1n) is 8.97. The van der Waals surface area contributed by atoms with E-state index in [4.69, 9.17) is 4.52 Å². The summed E-state index contributed by atoms with van der Waals surface area (Å²) in [5.74, 6) is 3.71. The van der Waals surface area contributed by atoms with E-state index < -0.39 is 0 Å². The molecule has 0 fully saturated rings. The molecule has 7 heteroatoms. The van der Waals surface area contributed by atoms with Crippen LogP contribution in [0.4, 0.5) is 11.8 Å². The van der Waals surface area contributed by atoms with Crippen LogP contribution in [-0.2, 0) is 6.54 Å². The van der Waals surface area contributed by atoms with Crippen LogP contribution >= 0.6 is 0 Å². The first kappa shape index (κ1) is 18.1. The SMILES string of the molecule is Cc1cc(NC2=NCC(C(C)C)=C2)nc(NCc2cc(C(C)C)no2)n1. The predicted octanol–water partition coefficient (Wildman–Crippen LogP) is 3.91. The zero-order valence-corrected chi connectivity index (χ0v) is 16.0. The molecule has 3 rings (SSSR count). The molecule has 3 heterocycles. The lowest BCUT2D eigenvalue weighted by molar-refractivity contribution is 0.379. The molecule has 0 unspecified atom stereocenters. The fraction of sp³-hybridized carbons (Fsp3) is 0.474. The van der Waals surface area contributed by atoms with Gasteiger partial charge in [-0.3, -0.25) is 4.99 Å². The molecule has 0 amide bonds. The maximum Gasteiger partial charge on any atom is 0.225 e. The lowest BCUT2D eigenvalue weighted by Crippen LogP contribution is -2.11. The van der Waals surface area contributed by atoms with E-state index in [1.54, 1.807) is 0 Å². The largest absolute Gasteiger partial charge is 0.359 e. The Hall–Kier alpha value is -2.70. The van der Waals surface area contributed by atoms with Crippen molar-refractivity contribution in [1.29, 1.82) is 0 Å². The molecule has 0 aromatic carbocycles. The highest BCUT2D eigenvalue weighted by molar-refractivity contribution is 6.05. The summed E-state index contributed by atoms with van der Waals surface area (Å²) in [4.78, 5) is 13.5. The van der Waals surface area contributed by atoms with Crippen LogP contribution in [0.15, 0.2) is 33.3 Å². The van der Waals surface area contributed by atoms with Gasteiger partial charge in [0.15, 0.2) is 5.76 Å². The van der Waals surface area contributed by atoms with Crippen LogP contribution in [0.25, 0.3) is 0 Å². The summed E-state index contributed by atoms with van der Waals surface area (Å²) in [5.41, 5.74) is 3.14. The van der Waals surface area contributed by atoms with E-state index >= 15 is 0 Å². The monoisotopic (exact) mass is 354 g/mol. The first-order chi connectivity index (χ1) is 12.4. The van der Waals surface area contributed by atoms with Crippen molar-refractivity contribution in [3.05, 3.63) is 40.9 Å². The quantitative estimate of drug-likeness (QED) is 0.817. The van der Waals surface area contributed by atoms with Gasteiger partial charge in [0.05, 0.1) is 18.8 Å². The standard InChI is InChI=1S/C19H26N6O/c1-11(2)14-7-17(20-9-14)23-18-6-13(5)22-19(24-18)21-10-15-8-16(12(3)4)25-26-15/h6-8,11-12H,9-10H2,1-5H3,(H2,20,21,22,23,24). The fourth-order valence-electron chi connectivity index (χ4n) is 2.56. The minimum atomic E-state index is 0.342. The molecule has 0 radical (unpaired) electrons. The zero-order chi connectivity index (χ0) is 18.7. The Bertz CT molecular complexity index is 834. The van der Waals surface area contributed by atoms with Gasteiger partial charge < -0.3 is 15.2 Å². The molecule has 0 atom stereocenters. The van der Waals surface area contributed by atoms with E-state index in [0.29, 0.717) is 24.3 Å². The Kier molecular flexibility index (Phi) is 5.35. The van der Waals surface area contributed by atoms with Gasteiger partial charge in [0, 0.05) is 17.8 Å². The summed E-state index contributed by atoms with van der Waals surface area (Å²) in [6.45, 7) is 11.7.